The largest absolute Gasteiger partial charge is 0.330 e. The Hall–Kier alpha value is -1.65. The van der Waals surface area contributed by atoms with Gasteiger partial charge in [0.25, 0.3) is 0 Å². The van der Waals surface area contributed by atoms with Gasteiger partial charge in [-0.3, -0.25) is 4.57 Å². The van der Waals surface area contributed by atoms with Crippen LogP contribution in [0, 0.1) is 18.6 Å². The molecule has 2 aromatic carbocycles. The van der Waals surface area contributed by atoms with Gasteiger partial charge in [-0.15, -0.1) is 17.0 Å². The molecule has 3 aromatic rings. The summed E-state index contributed by atoms with van der Waals surface area (Å²) in [7, 11) is 0. The monoisotopic (exact) mass is 360 g/mol. The number of rotatable bonds is 2. The molecule has 0 saturated heterocycles. The van der Waals surface area contributed by atoms with E-state index in [-0.39, 0.29) is 17.0 Å². The number of nitrogens with zero attached hydrogens (tertiary/aromatic N) is 1. The van der Waals surface area contributed by atoms with Crippen molar-refractivity contribution in [2.75, 3.05) is 0 Å². The summed E-state index contributed by atoms with van der Waals surface area (Å²) in [6.45, 7) is 4.17. The van der Waals surface area contributed by atoms with Gasteiger partial charge in [0.1, 0.15) is 0 Å². The summed E-state index contributed by atoms with van der Waals surface area (Å²) in [5.74, 6) is 0. The van der Waals surface area contributed by atoms with Gasteiger partial charge in [0.05, 0.1) is 5.69 Å². The van der Waals surface area contributed by atoms with Crippen LogP contribution in [0.3, 0.4) is 0 Å². The summed E-state index contributed by atoms with van der Waals surface area (Å²) < 4.78 is 2.73. The van der Waals surface area contributed by atoms with Crippen LogP contribution in [0.5, 0.6) is 0 Å². The van der Waals surface area contributed by atoms with Crippen molar-refractivity contribution >= 4 is 29.2 Å². The molecule has 4 heteroatoms. The predicted octanol–water partition coefficient (Wildman–Crippen LogP) is 5.40. The number of imidazole rings is 1. The summed E-state index contributed by atoms with van der Waals surface area (Å²) in [5, 5.41) is 0. The van der Waals surface area contributed by atoms with E-state index in [1.54, 1.807) is 0 Å². The normalized spacial score (nSPS) is 10.2. The smallest absolute Gasteiger partial charge is 0.182 e. The van der Waals surface area contributed by atoms with Crippen molar-refractivity contribution in [1.29, 1.82) is 0 Å². The molecule has 0 spiro atoms. The molecule has 0 radical (unpaired) electrons. The Bertz CT molecular complexity index is 800. The number of nitrogens with one attached hydrogen (secondary N) is 1. The minimum atomic E-state index is 0. The zero-order valence-electron chi connectivity index (χ0n) is 12.0. The molecule has 1 N–H and O–H groups in total. The van der Waals surface area contributed by atoms with Crippen molar-refractivity contribution in [3.63, 3.8) is 0 Å². The maximum Gasteiger partial charge on any atom is 0.182 e. The van der Waals surface area contributed by atoms with Gasteiger partial charge in [0.15, 0.2) is 4.77 Å². The van der Waals surface area contributed by atoms with Gasteiger partial charge in [-0.05, 0) is 49.3 Å². The molecule has 0 unspecified atom stereocenters. The van der Waals surface area contributed by atoms with Crippen LogP contribution in [0.4, 0.5) is 0 Å². The van der Waals surface area contributed by atoms with E-state index in [1.807, 2.05) is 10.6 Å². The van der Waals surface area contributed by atoms with E-state index >= 15 is 0 Å². The minimum absolute atomic E-state index is 0. The highest BCUT2D eigenvalue weighted by Crippen LogP contribution is 2.20. The van der Waals surface area contributed by atoms with Crippen molar-refractivity contribution < 1.29 is 0 Å². The minimum Gasteiger partial charge on any atom is -0.330 e. The second kappa shape index (κ2) is 6.41. The maximum absolute atomic E-state index is 5.43. The first-order valence-electron chi connectivity index (χ1n) is 6.59. The molecule has 0 atom stereocenters. The third-order valence-electron chi connectivity index (χ3n) is 3.36. The molecule has 0 amide bonds. The molecule has 21 heavy (non-hydrogen) atoms. The molecule has 1 aromatic heterocycles. The fraction of sp³-hybridized carbons (Fsp3) is 0.118. The SMILES string of the molecule is Br.Cc1ccc(-c2cn(-c3cccc(C)c3)c(=S)[nH]2)cc1. The number of aromatic nitrogens is 2. The van der Waals surface area contributed by atoms with Crippen LogP contribution >= 0.6 is 29.2 Å². The standard InChI is InChI=1S/C17H16N2S.BrH/c1-12-6-8-14(9-7-12)16-11-19(17(20)18-16)15-5-3-4-13(2)10-15;/h3-11H,1-2H3,(H,18,20);1H. The quantitative estimate of drug-likeness (QED) is 0.607. The fourth-order valence-electron chi connectivity index (χ4n) is 2.24. The molecule has 108 valence electrons. The first-order valence-corrected chi connectivity index (χ1v) is 7.00. The van der Waals surface area contributed by atoms with Crippen LogP contribution < -0.4 is 0 Å². The number of benzene rings is 2. The van der Waals surface area contributed by atoms with Gasteiger partial charge in [0.2, 0.25) is 0 Å². The molecule has 1 heterocycles. The first kappa shape index (κ1) is 15.7. The summed E-state index contributed by atoms with van der Waals surface area (Å²) in [4.78, 5) is 3.28. The molecular weight excluding hydrogens is 344 g/mol. The number of hydrogen-bond acceptors (Lipinski definition) is 1. The number of hydrogen-bond donors (Lipinski definition) is 1. The molecule has 0 aliphatic heterocycles. The van der Waals surface area contributed by atoms with Crippen molar-refractivity contribution in [3.05, 3.63) is 70.6 Å². The third-order valence-corrected chi connectivity index (χ3v) is 3.66. The zero-order chi connectivity index (χ0) is 14.1. The molecule has 0 fully saturated rings. The van der Waals surface area contributed by atoms with Crippen LogP contribution in [0.15, 0.2) is 54.7 Å². The lowest BCUT2D eigenvalue weighted by Crippen LogP contribution is -1.91. The van der Waals surface area contributed by atoms with Crippen LogP contribution in [-0.4, -0.2) is 9.55 Å². The Labute approximate surface area is 140 Å². The molecule has 2 nitrogen and oxygen atoms in total. The van der Waals surface area contributed by atoms with E-state index in [0.717, 1.165) is 16.9 Å². The topological polar surface area (TPSA) is 20.7 Å². The summed E-state index contributed by atoms with van der Waals surface area (Å²) in [5.41, 5.74) is 5.75. The maximum atomic E-state index is 5.43. The van der Waals surface area contributed by atoms with E-state index in [9.17, 15) is 0 Å². The Morgan fingerprint density at radius 3 is 2.33 bits per heavy atom. The van der Waals surface area contributed by atoms with Crippen LogP contribution in [0.2, 0.25) is 0 Å². The zero-order valence-corrected chi connectivity index (χ0v) is 14.5. The predicted molar refractivity (Wildman–Crippen MR) is 96.2 cm³/mol. The summed E-state index contributed by atoms with van der Waals surface area (Å²) in [6.07, 6.45) is 2.06. The van der Waals surface area contributed by atoms with E-state index in [1.165, 1.54) is 11.1 Å². The van der Waals surface area contributed by atoms with Crippen molar-refractivity contribution in [3.8, 4) is 16.9 Å². The third kappa shape index (κ3) is 3.34. The second-order valence-corrected chi connectivity index (χ2v) is 5.43. The molecule has 0 aliphatic carbocycles. The Morgan fingerprint density at radius 1 is 0.952 bits per heavy atom. The van der Waals surface area contributed by atoms with Gasteiger partial charge in [-0.25, -0.2) is 0 Å². The first-order chi connectivity index (χ1) is 9.63. The number of halogens is 1. The Morgan fingerprint density at radius 2 is 1.67 bits per heavy atom. The van der Waals surface area contributed by atoms with E-state index in [2.05, 4.69) is 67.5 Å². The van der Waals surface area contributed by atoms with Gasteiger partial charge in [0, 0.05) is 11.9 Å². The fourth-order valence-corrected chi connectivity index (χ4v) is 2.51. The van der Waals surface area contributed by atoms with E-state index in [0.29, 0.717) is 4.77 Å². The highest BCUT2D eigenvalue weighted by atomic mass is 79.9. The van der Waals surface area contributed by atoms with Crippen molar-refractivity contribution in [1.82, 2.24) is 9.55 Å². The van der Waals surface area contributed by atoms with Crippen LogP contribution in [0.25, 0.3) is 16.9 Å². The summed E-state index contributed by atoms with van der Waals surface area (Å²) in [6, 6.07) is 16.8. The van der Waals surface area contributed by atoms with E-state index < -0.39 is 0 Å². The average Bonchev–Trinajstić information content (AvgIpc) is 2.82. The molecule has 0 saturated carbocycles. The molecule has 0 bridgehead atoms. The highest BCUT2D eigenvalue weighted by Gasteiger charge is 2.05. The highest BCUT2D eigenvalue weighted by molar-refractivity contribution is 8.93. The lowest BCUT2D eigenvalue weighted by Gasteiger charge is -2.02. The Balaban J connectivity index is 0.00000161. The molecule has 0 aliphatic rings. The lowest BCUT2D eigenvalue weighted by atomic mass is 10.1. The van der Waals surface area contributed by atoms with Crippen LogP contribution in [0.1, 0.15) is 11.1 Å². The lowest BCUT2D eigenvalue weighted by molar-refractivity contribution is 1.03. The number of H-pyrrole nitrogens is 1. The van der Waals surface area contributed by atoms with Crippen molar-refractivity contribution in [2.24, 2.45) is 0 Å². The second-order valence-electron chi connectivity index (χ2n) is 5.05. The average molecular weight is 361 g/mol. The number of aryl methyl sites for hydroxylation is 2. The van der Waals surface area contributed by atoms with Crippen molar-refractivity contribution in [2.45, 2.75) is 13.8 Å². The molecular formula is C17H17BrN2S. The number of aromatic amines is 1. The van der Waals surface area contributed by atoms with Gasteiger partial charge < -0.3 is 4.98 Å². The summed E-state index contributed by atoms with van der Waals surface area (Å²) >= 11 is 5.43. The van der Waals surface area contributed by atoms with Gasteiger partial charge >= 0.3 is 0 Å². The van der Waals surface area contributed by atoms with Crippen LogP contribution in [-0.2, 0) is 0 Å². The Kier molecular flexibility index (Phi) is 4.80. The van der Waals surface area contributed by atoms with E-state index in [4.69, 9.17) is 12.2 Å². The van der Waals surface area contributed by atoms with Gasteiger partial charge in [-0.1, -0.05) is 42.0 Å². The molecule has 3 rings (SSSR count). The van der Waals surface area contributed by atoms with Gasteiger partial charge in [-0.2, -0.15) is 0 Å².